The van der Waals surface area contributed by atoms with Crippen molar-refractivity contribution < 1.29 is 9.59 Å². The average molecular weight is 258 g/mol. The lowest BCUT2D eigenvalue weighted by Gasteiger charge is -2.05. The van der Waals surface area contributed by atoms with Crippen LogP contribution in [0, 0.1) is 0 Å². The van der Waals surface area contributed by atoms with Gasteiger partial charge in [0.05, 0.1) is 0 Å². The third-order valence-corrected chi connectivity index (χ3v) is 2.54. The second-order valence-electron chi connectivity index (χ2n) is 3.73. The van der Waals surface area contributed by atoms with E-state index in [1.807, 2.05) is 0 Å². The fourth-order valence-corrected chi connectivity index (χ4v) is 1.49. The normalized spacial score (nSPS) is 9.71. The van der Waals surface area contributed by atoms with Gasteiger partial charge in [0.25, 0.3) is 0 Å². The highest BCUT2D eigenvalue weighted by molar-refractivity contribution is 7.80. The molecule has 2 amide bonds. The number of rotatable bonds is 10. The topological polar surface area (TPSA) is 58.2 Å². The molecule has 0 atom stereocenters. The molecule has 0 unspecified atom stereocenters. The minimum atomic E-state index is -0.178. The van der Waals surface area contributed by atoms with E-state index in [-0.39, 0.29) is 11.8 Å². The van der Waals surface area contributed by atoms with Gasteiger partial charge in [0.15, 0.2) is 0 Å². The maximum absolute atomic E-state index is 11.3. The van der Waals surface area contributed by atoms with E-state index in [0.717, 1.165) is 31.4 Å². The predicted octanol–water partition coefficient (Wildman–Crippen LogP) is 1.29. The summed E-state index contributed by atoms with van der Waals surface area (Å²) in [7, 11) is 0. The number of carbonyl (C=O) groups is 2. The Morgan fingerprint density at radius 2 is 1.76 bits per heavy atom. The zero-order valence-corrected chi connectivity index (χ0v) is 11.1. The van der Waals surface area contributed by atoms with Crippen molar-refractivity contribution in [2.24, 2.45) is 0 Å². The number of amides is 2. The Kier molecular flexibility index (Phi) is 10.9. The molecule has 17 heavy (non-hydrogen) atoms. The van der Waals surface area contributed by atoms with Gasteiger partial charge in [-0.2, -0.15) is 12.6 Å². The van der Waals surface area contributed by atoms with E-state index >= 15 is 0 Å². The molecule has 0 saturated heterocycles. The van der Waals surface area contributed by atoms with Crippen molar-refractivity contribution in [2.45, 2.75) is 32.1 Å². The van der Waals surface area contributed by atoms with Crippen molar-refractivity contribution >= 4 is 24.4 Å². The molecule has 0 bridgehead atoms. The van der Waals surface area contributed by atoms with Crippen LogP contribution < -0.4 is 10.6 Å². The summed E-state index contributed by atoms with van der Waals surface area (Å²) in [5, 5.41) is 5.47. The summed E-state index contributed by atoms with van der Waals surface area (Å²) < 4.78 is 0. The first-order chi connectivity index (χ1) is 8.20. The minimum Gasteiger partial charge on any atom is -0.356 e. The largest absolute Gasteiger partial charge is 0.356 e. The summed E-state index contributed by atoms with van der Waals surface area (Å²) in [4.78, 5) is 22.1. The van der Waals surface area contributed by atoms with Crippen molar-refractivity contribution in [3.8, 4) is 0 Å². The molecule has 0 saturated carbocycles. The van der Waals surface area contributed by atoms with Gasteiger partial charge < -0.3 is 10.6 Å². The number of carbonyl (C=O) groups excluding carboxylic acids is 2. The van der Waals surface area contributed by atoms with Crippen LogP contribution in [-0.2, 0) is 9.59 Å². The molecule has 4 nitrogen and oxygen atoms in total. The Hall–Kier alpha value is -0.970. The van der Waals surface area contributed by atoms with E-state index in [9.17, 15) is 9.59 Å². The van der Waals surface area contributed by atoms with Gasteiger partial charge in [-0.1, -0.05) is 13.0 Å². The Labute approximate surface area is 109 Å². The summed E-state index contributed by atoms with van der Waals surface area (Å²) in [6, 6.07) is 0. The highest BCUT2D eigenvalue weighted by Gasteiger charge is 2.00. The van der Waals surface area contributed by atoms with E-state index < -0.39 is 0 Å². The standard InChI is InChI=1S/C12H22N2O2S/c1-2-11(15)13-8-6-9-14-12(16)7-4-3-5-10-17/h2,17H,1,3-10H2,(H,13,15)(H,14,16). The maximum Gasteiger partial charge on any atom is 0.243 e. The molecule has 5 heteroatoms. The van der Waals surface area contributed by atoms with Crippen LogP contribution in [-0.4, -0.2) is 30.7 Å². The van der Waals surface area contributed by atoms with Gasteiger partial charge >= 0.3 is 0 Å². The molecule has 0 aliphatic heterocycles. The van der Waals surface area contributed by atoms with Crippen LogP contribution in [0.2, 0.25) is 0 Å². The highest BCUT2D eigenvalue weighted by Crippen LogP contribution is 2.00. The van der Waals surface area contributed by atoms with Crippen LogP contribution >= 0.6 is 12.6 Å². The van der Waals surface area contributed by atoms with Crippen molar-refractivity contribution in [1.29, 1.82) is 0 Å². The molecule has 0 aromatic rings. The second kappa shape index (κ2) is 11.5. The summed E-state index contributed by atoms with van der Waals surface area (Å²) in [5.41, 5.74) is 0. The van der Waals surface area contributed by atoms with E-state index in [4.69, 9.17) is 0 Å². The van der Waals surface area contributed by atoms with Crippen LogP contribution in [0.4, 0.5) is 0 Å². The van der Waals surface area contributed by atoms with E-state index in [1.54, 1.807) is 0 Å². The molecule has 2 N–H and O–H groups in total. The van der Waals surface area contributed by atoms with E-state index in [0.29, 0.717) is 19.5 Å². The van der Waals surface area contributed by atoms with E-state index in [2.05, 4.69) is 29.8 Å². The lowest BCUT2D eigenvalue weighted by molar-refractivity contribution is -0.121. The number of nitrogens with one attached hydrogen (secondary N) is 2. The first-order valence-electron chi connectivity index (χ1n) is 5.98. The summed E-state index contributed by atoms with van der Waals surface area (Å²) >= 11 is 4.11. The Morgan fingerprint density at radius 1 is 1.06 bits per heavy atom. The van der Waals surface area contributed by atoms with Crippen molar-refractivity contribution in [3.05, 3.63) is 12.7 Å². The number of thiol groups is 1. The molecule has 0 aromatic heterocycles. The van der Waals surface area contributed by atoms with Crippen molar-refractivity contribution in [1.82, 2.24) is 10.6 Å². The van der Waals surface area contributed by atoms with Gasteiger partial charge in [-0.05, 0) is 31.1 Å². The molecule has 0 fully saturated rings. The van der Waals surface area contributed by atoms with Crippen LogP contribution in [0.1, 0.15) is 32.1 Å². The lowest BCUT2D eigenvalue weighted by Crippen LogP contribution is -2.28. The first-order valence-corrected chi connectivity index (χ1v) is 6.61. The Balaban J connectivity index is 3.27. The molecule has 0 aromatic carbocycles. The summed E-state index contributed by atoms with van der Waals surface area (Å²) in [6.45, 7) is 4.51. The highest BCUT2D eigenvalue weighted by atomic mass is 32.1. The smallest absolute Gasteiger partial charge is 0.243 e. The average Bonchev–Trinajstić information content (AvgIpc) is 2.34. The zero-order valence-electron chi connectivity index (χ0n) is 10.2. The predicted molar refractivity (Wildman–Crippen MR) is 73.2 cm³/mol. The quantitative estimate of drug-likeness (QED) is 0.314. The van der Waals surface area contributed by atoms with Crippen LogP contribution in [0.5, 0.6) is 0 Å². The lowest BCUT2D eigenvalue weighted by atomic mass is 10.2. The molecule has 0 rings (SSSR count). The number of hydrogen-bond acceptors (Lipinski definition) is 3. The molecule has 0 aliphatic rings. The SMILES string of the molecule is C=CC(=O)NCCCNC(=O)CCCCCS. The molecular formula is C12H22N2O2S. The third kappa shape index (κ3) is 11.3. The Bertz CT molecular complexity index is 245. The molecule has 0 heterocycles. The Morgan fingerprint density at radius 3 is 2.41 bits per heavy atom. The van der Waals surface area contributed by atoms with Gasteiger partial charge in [0.2, 0.25) is 11.8 Å². The van der Waals surface area contributed by atoms with Gasteiger partial charge in [-0.3, -0.25) is 9.59 Å². The van der Waals surface area contributed by atoms with Crippen LogP contribution in [0.25, 0.3) is 0 Å². The maximum atomic E-state index is 11.3. The summed E-state index contributed by atoms with van der Waals surface area (Å²) in [5.74, 6) is 0.784. The number of unbranched alkanes of at least 4 members (excludes halogenated alkanes) is 2. The monoisotopic (exact) mass is 258 g/mol. The fourth-order valence-electron chi connectivity index (χ4n) is 1.26. The molecule has 0 radical (unpaired) electrons. The summed E-state index contributed by atoms with van der Waals surface area (Å²) in [6.07, 6.45) is 5.57. The van der Waals surface area contributed by atoms with Crippen LogP contribution in [0.15, 0.2) is 12.7 Å². The van der Waals surface area contributed by atoms with Crippen molar-refractivity contribution in [3.63, 3.8) is 0 Å². The fraction of sp³-hybridized carbons (Fsp3) is 0.667. The molecule has 98 valence electrons. The third-order valence-electron chi connectivity index (χ3n) is 2.22. The zero-order chi connectivity index (χ0) is 12.9. The first kappa shape index (κ1) is 16.0. The minimum absolute atomic E-state index is 0.0826. The van der Waals surface area contributed by atoms with Gasteiger partial charge in [-0.25, -0.2) is 0 Å². The number of hydrogen-bond donors (Lipinski definition) is 3. The molecular weight excluding hydrogens is 236 g/mol. The van der Waals surface area contributed by atoms with Gasteiger partial charge in [0, 0.05) is 19.5 Å². The molecule has 0 spiro atoms. The van der Waals surface area contributed by atoms with E-state index in [1.165, 1.54) is 6.08 Å². The van der Waals surface area contributed by atoms with Gasteiger partial charge in [-0.15, -0.1) is 0 Å². The van der Waals surface area contributed by atoms with Crippen molar-refractivity contribution in [2.75, 3.05) is 18.8 Å². The molecule has 0 aliphatic carbocycles. The second-order valence-corrected chi connectivity index (χ2v) is 4.18. The van der Waals surface area contributed by atoms with Crippen LogP contribution in [0.3, 0.4) is 0 Å². The van der Waals surface area contributed by atoms with Gasteiger partial charge in [0.1, 0.15) is 0 Å².